The molecule has 1 aromatic heterocycles. The number of nitrogens with one attached hydrogen (secondary N) is 1. The summed E-state index contributed by atoms with van der Waals surface area (Å²) in [6.45, 7) is 12.1. The van der Waals surface area contributed by atoms with Gasteiger partial charge in [0.1, 0.15) is 0 Å². The average molecular weight is 277 g/mol. The van der Waals surface area contributed by atoms with Gasteiger partial charge >= 0.3 is 0 Å². The number of anilines is 1. The third-order valence-corrected chi connectivity index (χ3v) is 3.48. The van der Waals surface area contributed by atoms with Crippen molar-refractivity contribution in [1.82, 2.24) is 10.3 Å². The highest BCUT2D eigenvalue weighted by Gasteiger charge is 2.10. The fourth-order valence-electron chi connectivity index (χ4n) is 2.23. The fraction of sp³-hybridized carbons (Fsp3) is 0.706. The molecule has 0 bridgehead atoms. The number of pyridine rings is 1. The van der Waals surface area contributed by atoms with Crippen LogP contribution < -0.4 is 10.2 Å². The molecule has 20 heavy (non-hydrogen) atoms. The van der Waals surface area contributed by atoms with Crippen LogP contribution in [0.25, 0.3) is 0 Å². The first-order valence-electron chi connectivity index (χ1n) is 8.10. The van der Waals surface area contributed by atoms with E-state index in [1.807, 2.05) is 12.4 Å². The Morgan fingerprint density at radius 3 is 2.35 bits per heavy atom. The Kier molecular flexibility index (Phi) is 8.28. The molecule has 1 heterocycles. The van der Waals surface area contributed by atoms with Crippen LogP contribution in [0.3, 0.4) is 0 Å². The molecule has 0 fully saturated rings. The van der Waals surface area contributed by atoms with E-state index in [4.69, 9.17) is 0 Å². The van der Waals surface area contributed by atoms with Gasteiger partial charge in [0.15, 0.2) is 0 Å². The van der Waals surface area contributed by atoms with Crippen molar-refractivity contribution in [3.63, 3.8) is 0 Å². The van der Waals surface area contributed by atoms with E-state index in [2.05, 4.69) is 49.0 Å². The number of hydrogen-bond acceptors (Lipinski definition) is 3. The summed E-state index contributed by atoms with van der Waals surface area (Å²) in [5.41, 5.74) is 2.67. The first-order valence-corrected chi connectivity index (χ1v) is 8.10. The molecule has 114 valence electrons. The monoisotopic (exact) mass is 277 g/mol. The third-order valence-electron chi connectivity index (χ3n) is 3.48. The lowest BCUT2D eigenvalue weighted by Gasteiger charge is -2.27. The van der Waals surface area contributed by atoms with Crippen LogP contribution in [-0.2, 0) is 6.54 Å². The van der Waals surface area contributed by atoms with Crippen LogP contribution >= 0.6 is 0 Å². The van der Waals surface area contributed by atoms with Crippen LogP contribution in [-0.4, -0.2) is 24.1 Å². The Morgan fingerprint density at radius 2 is 1.80 bits per heavy atom. The van der Waals surface area contributed by atoms with Gasteiger partial charge in [-0.1, -0.05) is 40.5 Å². The summed E-state index contributed by atoms with van der Waals surface area (Å²) in [5.74, 6) is 0. The zero-order chi connectivity index (χ0) is 14.8. The minimum atomic E-state index is 0.503. The lowest BCUT2D eigenvalue weighted by Crippen LogP contribution is -2.29. The highest BCUT2D eigenvalue weighted by Crippen LogP contribution is 2.20. The quantitative estimate of drug-likeness (QED) is 0.701. The number of hydrogen-bond donors (Lipinski definition) is 1. The van der Waals surface area contributed by atoms with Gasteiger partial charge in [0.05, 0.1) is 0 Å². The Labute approximate surface area is 124 Å². The third kappa shape index (κ3) is 5.91. The van der Waals surface area contributed by atoms with E-state index in [9.17, 15) is 0 Å². The molecule has 1 rings (SSSR count). The first-order chi connectivity index (χ1) is 9.69. The maximum atomic E-state index is 4.30. The molecule has 0 saturated carbocycles. The van der Waals surface area contributed by atoms with Crippen molar-refractivity contribution in [3.05, 3.63) is 24.0 Å². The second-order valence-corrected chi connectivity index (χ2v) is 5.73. The van der Waals surface area contributed by atoms with E-state index >= 15 is 0 Å². The van der Waals surface area contributed by atoms with Gasteiger partial charge in [-0.3, -0.25) is 4.98 Å². The molecule has 3 heteroatoms. The number of nitrogens with zero attached hydrogens (tertiary/aromatic N) is 2. The Morgan fingerprint density at radius 1 is 1.15 bits per heavy atom. The zero-order valence-electron chi connectivity index (χ0n) is 13.7. The molecular weight excluding hydrogens is 246 g/mol. The van der Waals surface area contributed by atoms with Gasteiger partial charge in [-0.15, -0.1) is 0 Å². The summed E-state index contributed by atoms with van der Waals surface area (Å²) in [6, 6.07) is 2.67. The van der Waals surface area contributed by atoms with Crippen LogP contribution in [0.4, 0.5) is 5.69 Å². The van der Waals surface area contributed by atoms with Gasteiger partial charge in [-0.05, 0) is 18.9 Å². The molecule has 0 amide bonds. The van der Waals surface area contributed by atoms with Crippen molar-refractivity contribution in [1.29, 1.82) is 0 Å². The topological polar surface area (TPSA) is 28.2 Å². The molecule has 0 aliphatic heterocycles. The molecule has 3 nitrogen and oxygen atoms in total. The number of unbranched alkanes of at least 4 members (excludes halogenated alkanes) is 2. The summed E-state index contributed by atoms with van der Waals surface area (Å²) < 4.78 is 0. The summed E-state index contributed by atoms with van der Waals surface area (Å²) in [5, 5.41) is 3.50. The second kappa shape index (κ2) is 9.76. The first kappa shape index (κ1) is 17.0. The molecule has 0 aliphatic carbocycles. The highest BCUT2D eigenvalue weighted by atomic mass is 15.1. The van der Waals surface area contributed by atoms with Crippen molar-refractivity contribution in [2.75, 3.05) is 18.0 Å². The second-order valence-electron chi connectivity index (χ2n) is 5.73. The Balaban J connectivity index is 2.81. The van der Waals surface area contributed by atoms with E-state index in [-0.39, 0.29) is 0 Å². The molecule has 1 N–H and O–H groups in total. The summed E-state index contributed by atoms with van der Waals surface area (Å²) in [7, 11) is 0. The summed E-state index contributed by atoms with van der Waals surface area (Å²) in [6.07, 6.45) is 8.92. The smallest absolute Gasteiger partial charge is 0.0442 e. The molecule has 0 radical (unpaired) electrons. The van der Waals surface area contributed by atoms with E-state index < -0.39 is 0 Å². The normalized spacial score (nSPS) is 11.1. The maximum Gasteiger partial charge on any atom is 0.0442 e. The van der Waals surface area contributed by atoms with E-state index in [1.54, 1.807) is 0 Å². The van der Waals surface area contributed by atoms with E-state index in [1.165, 1.54) is 36.9 Å². The van der Waals surface area contributed by atoms with Crippen LogP contribution in [0.15, 0.2) is 18.5 Å². The average Bonchev–Trinajstić information content (AvgIpc) is 2.46. The van der Waals surface area contributed by atoms with Crippen molar-refractivity contribution >= 4 is 5.69 Å². The van der Waals surface area contributed by atoms with Crippen LogP contribution in [0.2, 0.25) is 0 Å². The standard InChI is InChI=1S/C17H31N3/c1-5-7-11-20(12-8-6-2)17-9-10-18-13-16(17)14-19-15(3)4/h9-10,13,15,19H,5-8,11-12,14H2,1-4H3. The van der Waals surface area contributed by atoms with Gasteiger partial charge in [-0.2, -0.15) is 0 Å². The molecule has 0 atom stereocenters. The fourth-order valence-corrected chi connectivity index (χ4v) is 2.23. The number of rotatable bonds is 10. The lowest BCUT2D eigenvalue weighted by molar-refractivity contribution is 0.585. The Hall–Kier alpha value is -1.09. The predicted molar refractivity (Wildman–Crippen MR) is 88.2 cm³/mol. The van der Waals surface area contributed by atoms with Crippen LogP contribution in [0, 0.1) is 0 Å². The van der Waals surface area contributed by atoms with Gasteiger partial charge < -0.3 is 10.2 Å². The maximum absolute atomic E-state index is 4.30. The van der Waals surface area contributed by atoms with Gasteiger partial charge in [0.2, 0.25) is 0 Å². The SMILES string of the molecule is CCCCN(CCCC)c1ccncc1CNC(C)C. The van der Waals surface area contributed by atoms with Gasteiger partial charge in [-0.25, -0.2) is 0 Å². The minimum absolute atomic E-state index is 0.503. The van der Waals surface area contributed by atoms with Crippen molar-refractivity contribution in [3.8, 4) is 0 Å². The largest absolute Gasteiger partial charge is 0.371 e. The van der Waals surface area contributed by atoms with Crippen molar-refractivity contribution in [2.24, 2.45) is 0 Å². The minimum Gasteiger partial charge on any atom is -0.371 e. The number of aromatic nitrogens is 1. The molecular formula is C17H31N3. The van der Waals surface area contributed by atoms with E-state index in [0.717, 1.165) is 19.6 Å². The lowest BCUT2D eigenvalue weighted by atomic mass is 10.1. The predicted octanol–water partition coefficient (Wildman–Crippen LogP) is 3.99. The van der Waals surface area contributed by atoms with Gasteiger partial charge in [0.25, 0.3) is 0 Å². The van der Waals surface area contributed by atoms with Crippen molar-refractivity contribution < 1.29 is 0 Å². The van der Waals surface area contributed by atoms with Crippen molar-refractivity contribution in [2.45, 2.75) is 66.0 Å². The molecule has 0 spiro atoms. The molecule has 1 aromatic rings. The molecule has 0 unspecified atom stereocenters. The molecule has 0 aliphatic rings. The van der Waals surface area contributed by atoms with Gasteiger partial charge in [0, 0.05) is 49.3 Å². The van der Waals surface area contributed by atoms with Crippen LogP contribution in [0.5, 0.6) is 0 Å². The summed E-state index contributed by atoms with van der Waals surface area (Å²) >= 11 is 0. The molecule has 0 saturated heterocycles. The summed E-state index contributed by atoms with van der Waals surface area (Å²) in [4.78, 5) is 6.83. The van der Waals surface area contributed by atoms with Crippen LogP contribution in [0.1, 0.15) is 58.9 Å². The molecule has 0 aromatic carbocycles. The zero-order valence-corrected chi connectivity index (χ0v) is 13.7. The Bertz CT molecular complexity index is 355. The van der Waals surface area contributed by atoms with E-state index in [0.29, 0.717) is 6.04 Å². The highest BCUT2D eigenvalue weighted by molar-refractivity contribution is 5.52.